The zero-order valence-electron chi connectivity index (χ0n) is 24.1. The van der Waals surface area contributed by atoms with Gasteiger partial charge in [-0.25, -0.2) is 19.7 Å². The molecule has 2 amide bonds. The number of amides is 2. The summed E-state index contributed by atoms with van der Waals surface area (Å²) in [5.41, 5.74) is 5.96. The van der Waals surface area contributed by atoms with Crippen molar-refractivity contribution < 1.29 is 32.2 Å². The first-order valence-corrected chi connectivity index (χ1v) is 14.2. The smallest absolute Gasteiger partial charge is 0.382 e. The molecule has 4 heterocycles. The van der Waals surface area contributed by atoms with E-state index in [1.54, 1.807) is 10.9 Å². The average Bonchev–Trinajstić information content (AvgIpc) is 3.58. The van der Waals surface area contributed by atoms with Gasteiger partial charge in [0, 0.05) is 31.4 Å². The van der Waals surface area contributed by atoms with Gasteiger partial charge in [-0.05, 0) is 52.3 Å². The van der Waals surface area contributed by atoms with Gasteiger partial charge in [0.05, 0.1) is 16.9 Å². The molecule has 1 aromatic carbocycles. The highest BCUT2D eigenvalue weighted by atomic mass is 35.5. The van der Waals surface area contributed by atoms with Gasteiger partial charge in [0.1, 0.15) is 30.2 Å². The van der Waals surface area contributed by atoms with E-state index >= 15 is 0 Å². The van der Waals surface area contributed by atoms with Crippen molar-refractivity contribution in [3.63, 3.8) is 0 Å². The number of ether oxygens (including phenoxy) is 3. The van der Waals surface area contributed by atoms with Crippen molar-refractivity contribution in [1.29, 1.82) is 0 Å². The lowest BCUT2D eigenvalue weighted by atomic mass is 10.1. The number of nitrogens with two attached hydrogens (primary N) is 1. The van der Waals surface area contributed by atoms with Gasteiger partial charge in [-0.15, -0.1) is 0 Å². The standard InChI is InChI=1S/C27H34ClF3N8O4/c1-14(2)38(9-5-8-33-25(40)37-15-6-7-17(28)16(10-15)27(29,30)31)11-18-20-21(43-26(3,4)42-20)24(41-18)39-13-36-19-22(32)34-12-35-23(19)39/h6-7,10,12-14,18,20-21,24H,5,8-9,11H2,1-4H3,(H2,32,34,35)(H2,33,37,40)/t18-,20-,21?,24-/m1/s1. The van der Waals surface area contributed by atoms with E-state index in [1.165, 1.54) is 12.4 Å². The Hall–Kier alpha value is -3.24. The fourth-order valence-corrected chi connectivity index (χ4v) is 5.58. The van der Waals surface area contributed by atoms with E-state index in [1.807, 2.05) is 13.8 Å². The van der Waals surface area contributed by atoms with E-state index in [0.717, 1.165) is 12.1 Å². The second-order valence-electron chi connectivity index (χ2n) is 11.2. The SMILES string of the molecule is CC(C)N(CCCNC(=O)Nc1ccc(Cl)c(C(F)(F)F)c1)C[C@H]1O[C@@H](n2cnc3c(N)ncnc32)C2OC(C)(C)O[C@@H]21. The molecule has 2 saturated heterocycles. The lowest BCUT2D eigenvalue weighted by molar-refractivity contribution is -0.198. The van der Waals surface area contributed by atoms with Crippen LogP contribution in [0.4, 0.5) is 29.5 Å². The molecule has 4 N–H and O–H groups in total. The number of nitrogens with zero attached hydrogens (tertiary/aromatic N) is 5. The Labute approximate surface area is 251 Å². The average molecular weight is 627 g/mol. The Bertz CT molecular complexity index is 1470. The number of urea groups is 1. The minimum absolute atomic E-state index is 0.0120. The predicted molar refractivity (Wildman–Crippen MR) is 152 cm³/mol. The Morgan fingerprint density at radius 2 is 1.95 bits per heavy atom. The third kappa shape index (κ3) is 6.80. The predicted octanol–water partition coefficient (Wildman–Crippen LogP) is 4.42. The molecule has 2 aliphatic rings. The molecule has 2 fully saturated rings. The normalized spacial score (nSPS) is 23.3. The summed E-state index contributed by atoms with van der Waals surface area (Å²) < 4.78 is 60.2. The van der Waals surface area contributed by atoms with Crippen LogP contribution in [-0.4, -0.2) is 80.2 Å². The van der Waals surface area contributed by atoms with Gasteiger partial charge in [-0.3, -0.25) is 9.47 Å². The number of hydrogen-bond donors (Lipinski definition) is 3. The number of hydrogen-bond acceptors (Lipinski definition) is 9. The van der Waals surface area contributed by atoms with Gasteiger partial charge in [0.25, 0.3) is 0 Å². The minimum Gasteiger partial charge on any atom is -0.382 e. The highest BCUT2D eigenvalue weighted by Gasteiger charge is 2.56. The molecule has 43 heavy (non-hydrogen) atoms. The van der Waals surface area contributed by atoms with Crippen LogP contribution in [0.15, 0.2) is 30.9 Å². The van der Waals surface area contributed by atoms with E-state index in [-0.39, 0.29) is 29.8 Å². The number of anilines is 2. The summed E-state index contributed by atoms with van der Waals surface area (Å²) >= 11 is 5.65. The van der Waals surface area contributed by atoms with Crippen LogP contribution in [0, 0.1) is 0 Å². The maximum Gasteiger partial charge on any atom is 0.417 e. The summed E-state index contributed by atoms with van der Waals surface area (Å²) in [4.78, 5) is 27.3. The molecule has 0 aliphatic carbocycles. The summed E-state index contributed by atoms with van der Waals surface area (Å²) in [6.07, 6.45) is -2.74. The van der Waals surface area contributed by atoms with Crippen molar-refractivity contribution in [1.82, 2.24) is 29.7 Å². The maximum atomic E-state index is 13.1. The summed E-state index contributed by atoms with van der Waals surface area (Å²) in [7, 11) is 0. The van der Waals surface area contributed by atoms with E-state index < -0.39 is 40.9 Å². The van der Waals surface area contributed by atoms with Gasteiger partial charge in [-0.2, -0.15) is 13.2 Å². The minimum atomic E-state index is -4.63. The molecule has 12 nitrogen and oxygen atoms in total. The molecule has 2 aliphatic heterocycles. The van der Waals surface area contributed by atoms with E-state index in [2.05, 4.69) is 44.3 Å². The number of benzene rings is 1. The summed E-state index contributed by atoms with van der Waals surface area (Å²) in [5.74, 6) is -0.545. The molecule has 0 saturated carbocycles. The first-order chi connectivity index (χ1) is 20.2. The molecule has 0 spiro atoms. The zero-order valence-corrected chi connectivity index (χ0v) is 24.8. The molecular formula is C27H34ClF3N8O4. The first kappa shape index (κ1) is 31.2. The summed E-state index contributed by atoms with van der Waals surface area (Å²) in [5, 5.41) is 4.67. The van der Waals surface area contributed by atoms with Crippen molar-refractivity contribution in [3.8, 4) is 0 Å². The Kier molecular flexibility index (Phi) is 8.73. The van der Waals surface area contributed by atoms with Crippen LogP contribution in [0.3, 0.4) is 0 Å². The van der Waals surface area contributed by atoms with E-state index in [4.69, 9.17) is 31.5 Å². The van der Waals surface area contributed by atoms with Crippen molar-refractivity contribution in [2.24, 2.45) is 0 Å². The van der Waals surface area contributed by atoms with Gasteiger partial charge >= 0.3 is 12.2 Å². The number of aromatic nitrogens is 4. The fourth-order valence-electron chi connectivity index (χ4n) is 5.36. The Morgan fingerprint density at radius 1 is 1.21 bits per heavy atom. The number of fused-ring (bicyclic) bond motifs is 2. The van der Waals surface area contributed by atoms with E-state index in [9.17, 15) is 18.0 Å². The largest absolute Gasteiger partial charge is 0.417 e. The lowest BCUT2D eigenvalue weighted by Crippen LogP contribution is -2.44. The summed E-state index contributed by atoms with van der Waals surface area (Å²) in [6, 6.07) is 2.73. The monoisotopic (exact) mass is 626 g/mol. The van der Waals surface area contributed by atoms with Crippen LogP contribution in [0.2, 0.25) is 5.02 Å². The molecule has 5 rings (SSSR count). The Morgan fingerprint density at radius 3 is 2.67 bits per heavy atom. The van der Waals surface area contributed by atoms with Crippen LogP contribution in [0.1, 0.15) is 45.9 Å². The number of halogens is 4. The molecule has 0 radical (unpaired) electrons. The maximum absolute atomic E-state index is 13.1. The lowest BCUT2D eigenvalue weighted by Gasteiger charge is -2.31. The number of nitrogen functional groups attached to an aromatic ring is 1. The van der Waals surface area contributed by atoms with Crippen molar-refractivity contribution in [3.05, 3.63) is 41.4 Å². The number of carbonyl (C=O) groups is 1. The van der Waals surface area contributed by atoms with Crippen LogP contribution in [-0.2, 0) is 20.4 Å². The summed E-state index contributed by atoms with van der Waals surface area (Å²) in [6.45, 7) is 9.26. The highest BCUT2D eigenvalue weighted by molar-refractivity contribution is 6.31. The molecule has 16 heteroatoms. The third-order valence-electron chi connectivity index (χ3n) is 7.37. The number of rotatable bonds is 9. The molecule has 2 aromatic heterocycles. The van der Waals surface area contributed by atoms with Crippen LogP contribution >= 0.6 is 11.6 Å². The second-order valence-corrected chi connectivity index (χ2v) is 11.6. The number of carbonyl (C=O) groups excluding carboxylic acids is 1. The van der Waals surface area contributed by atoms with Crippen molar-refractivity contribution in [2.45, 2.75) is 76.7 Å². The van der Waals surface area contributed by atoms with E-state index in [0.29, 0.717) is 37.2 Å². The molecule has 234 valence electrons. The third-order valence-corrected chi connectivity index (χ3v) is 7.70. The number of nitrogens with one attached hydrogen (secondary N) is 2. The second kappa shape index (κ2) is 12.0. The van der Waals surface area contributed by atoms with Crippen LogP contribution < -0.4 is 16.4 Å². The number of alkyl halides is 3. The molecule has 4 atom stereocenters. The number of imidazole rings is 1. The quantitative estimate of drug-likeness (QED) is 0.294. The molecule has 0 bridgehead atoms. The zero-order chi connectivity index (χ0) is 31.1. The van der Waals surface area contributed by atoms with Crippen LogP contribution in [0.5, 0.6) is 0 Å². The van der Waals surface area contributed by atoms with Gasteiger partial charge in [0.2, 0.25) is 0 Å². The molecule has 1 unspecified atom stereocenters. The van der Waals surface area contributed by atoms with Gasteiger partial charge in [-0.1, -0.05) is 11.6 Å². The van der Waals surface area contributed by atoms with Crippen molar-refractivity contribution in [2.75, 3.05) is 30.7 Å². The van der Waals surface area contributed by atoms with Crippen molar-refractivity contribution >= 4 is 40.3 Å². The van der Waals surface area contributed by atoms with Gasteiger partial charge in [0.15, 0.2) is 23.5 Å². The van der Waals surface area contributed by atoms with Crippen LogP contribution in [0.25, 0.3) is 11.2 Å². The first-order valence-electron chi connectivity index (χ1n) is 13.8. The topological polar surface area (TPSA) is 142 Å². The Balaban J connectivity index is 1.19. The fraction of sp³-hybridized carbons (Fsp3) is 0.556. The molecular weight excluding hydrogens is 593 g/mol. The molecule has 3 aromatic rings. The van der Waals surface area contributed by atoms with Gasteiger partial charge < -0.3 is 30.6 Å². The highest BCUT2D eigenvalue weighted by Crippen LogP contribution is 2.44.